The van der Waals surface area contributed by atoms with Crippen molar-refractivity contribution < 1.29 is 9.15 Å². The number of nitrogens with two attached hydrogens (primary N) is 1. The van der Waals surface area contributed by atoms with Gasteiger partial charge in [0.05, 0.1) is 18.1 Å². The Morgan fingerprint density at radius 1 is 1.10 bits per heavy atom. The predicted octanol–water partition coefficient (Wildman–Crippen LogP) is 2.72. The number of imidazole rings is 1. The van der Waals surface area contributed by atoms with Crippen LogP contribution in [0.4, 0.5) is 5.69 Å². The Hall–Kier alpha value is -4.14. The molecular formula is C20H16N6O3. The van der Waals surface area contributed by atoms with Crippen LogP contribution in [-0.4, -0.2) is 31.6 Å². The number of ether oxygens (including phenoxy) is 1. The molecule has 0 aliphatic rings. The Morgan fingerprint density at radius 2 is 1.93 bits per heavy atom. The molecule has 3 aromatic heterocycles. The van der Waals surface area contributed by atoms with Crippen LogP contribution in [0, 0.1) is 0 Å². The molecule has 0 aliphatic carbocycles. The van der Waals surface area contributed by atoms with Crippen LogP contribution in [0.1, 0.15) is 0 Å². The number of nitrogens with one attached hydrogen (secondary N) is 1. The fourth-order valence-electron chi connectivity index (χ4n) is 3.23. The van der Waals surface area contributed by atoms with Crippen LogP contribution in [0.2, 0.25) is 0 Å². The second kappa shape index (κ2) is 6.20. The lowest BCUT2D eigenvalue weighted by atomic mass is 10.3. The number of fused-ring (bicyclic) bond motifs is 2. The van der Waals surface area contributed by atoms with Gasteiger partial charge < -0.3 is 19.9 Å². The molecule has 9 nitrogen and oxygen atoms in total. The van der Waals surface area contributed by atoms with E-state index in [2.05, 4.69) is 19.9 Å². The van der Waals surface area contributed by atoms with Crippen molar-refractivity contribution in [2.75, 3.05) is 12.8 Å². The number of aromatic amines is 1. The maximum absolute atomic E-state index is 12.9. The first kappa shape index (κ1) is 17.0. The molecule has 0 atom stereocenters. The summed E-state index contributed by atoms with van der Waals surface area (Å²) >= 11 is 0. The molecular weight excluding hydrogens is 372 g/mol. The van der Waals surface area contributed by atoms with E-state index in [0.717, 1.165) is 5.52 Å². The van der Waals surface area contributed by atoms with E-state index in [1.807, 2.05) is 18.2 Å². The maximum atomic E-state index is 12.9. The lowest BCUT2D eigenvalue weighted by Gasteiger charge is -2.10. The van der Waals surface area contributed by atoms with Crippen molar-refractivity contribution >= 4 is 27.8 Å². The molecule has 5 aromatic rings. The topological polar surface area (TPSA) is 125 Å². The Morgan fingerprint density at radius 3 is 2.72 bits per heavy atom. The molecule has 0 aliphatic heterocycles. The molecule has 0 saturated carbocycles. The summed E-state index contributed by atoms with van der Waals surface area (Å²) < 4.78 is 12.5. The zero-order chi connectivity index (χ0) is 20.1. The zero-order valence-electron chi connectivity index (χ0n) is 15.6. The quantitative estimate of drug-likeness (QED) is 0.455. The van der Waals surface area contributed by atoms with Crippen LogP contribution in [-0.2, 0) is 7.05 Å². The van der Waals surface area contributed by atoms with Crippen molar-refractivity contribution in [3.8, 4) is 29.0 Å². The number of hydrogen-bond donors (Lipinski definition) is 2. The van der Waals surface area contributed by atoms with Gasteiger partial charge in [0.15, 0.2) is 22.9 Å². The number of para-hydroxylation sites is 2. The number of aromatic nitrogens is 5. The molecule has 0 amide bonds. The van der Waals surface area contributed by atoms with E-state index in [9.17, 15) is 4.79 Å². The molecule has 0 fully saturated rings. The van der Waals surface area contributed by atoms with Crippen molar-refractivity contribution in [2.45, 2.75) is 0 Å². The summed E-state index contributed by atoms with van der Waals surface area (Å²) in [5, 5.41) is 0. The number of oxazole rings is 1. The highest BCUT2D eigenvalue weighted by Gasteiger charge is 2.23. The van der Waals surface area contributed by atoms with Crippen molar-refractivity contribution in [1.29, 1.82) is 0 Å². The highest BCUT2D eigenvalue weighted by Crippen LogP contribution is 2.30. The number of nitrogens with zero attached hydrogens (tertiary/aromatic N) is 4. The molecule has 0 unspecified atom stereocenters. The first-order valence-electron chi connectivity index (χ1n) is 8.81. The van der Waals surface area contributed by atoms with Gasteiger partial charge in [-0.25, -0.2) is 15.0 Å². The minimum atomic E-state index is -0.380. The van der Waals surface area contributed by atoms with Gasteiger partial charge in [-0.1, -0.05) is 12.1 Å². The predicted molar refractivity (Wildman–Crippen MR) is 109 cm³/mol. The van der Waals surface area contributed by atoms with E-state index in [1.165, 1.54) is 11.7 Å². The van der Waals surface area contributed by atoms with E-state index < -0.39 is 0 Å². The highest BCUT2D eigenvalue weighted by atomic mass is 16.5. The Kier molecular flexibility index (Phi) is 3.63. The molecule has 3 heterocycles. The van der Waals surface area contributed by atoms with E-state index in [0.29, 0.717) is 34.0 Å². The number of hydrogen-bond acceptors (Lipinski definition) is 7. The summed E-state index contributed by atoms with van der Waals surface area (Å²) in [6.45, 7) is 0. The molecule has 2 aromatic carbocycles. The first-order valence-corrected chi connectivity index (χ1v) is 8.81. The highest BCUT2D eigenvalue weighted by molar-refractivity contribution is 5.82. The summed E-state index contributed by atoms with van der Waals surface area (Å²) in [6, 6.07) is 12.6. The molecule has 9 heteroatoms. The molecule has 0 bridgehead atoms. The monoisotopic (exact) mass is 388 g/mol. The average molecular weight is 388 g/mol. The lowest BCUT2D eigenvalue weighted by molar-refractivity contribution is 0.402. The van der Waals surface area contributed by atoms with Crippen molar-refractivity contribution in [3.63, 3.8) is 0 Å². The summed E-state index contributed by atoms with van der Waals surface area (Å²) in [4.78, 5) is 29.7. The number of anilines is 1. The second-order valence-electron chi connectivity index (χ2n) is 6.53. The maximum Gasteiger partial charge on any atom is 0.296 e. The van der Waals surface area contributed by atoms with E-state index in [1.54, 1.807) is 31.3 Å². The van der Waals surface area contributed by atoms with Crippen LogP contribution in [0.25, 0.3) is 45.4 Å². The normalized spacial score (nSPS) is 11.4. The standard InChI is InChI=1S/C20H16N6O3/c1-26-18(17-22-11-8-7-10(21)9-13(11)23-17)25-15(16(28-2)20(26)27)19-24-12-5-3-4-6-14(12)29-19/h3-9H,21H2,1-2H3,(H,22,23). The molecule has 0 radical (unpaired) electrons. The minimum absolute atomic E-state index is 0.0446. The number of nitrogen functional groups attached to an aromatic ring is 1. The van der Waals surface area contributed by atoms with Gasteiger partial charge in [-0.15, -0.1) is 0 Å². The lowest BCUT2D eigenvalue weighted by Crippen LogP contribution is -2.23. The van der Waals surface area contributed by atoms with Crippen LogP contribution in [0.5, 0.6) is 5.75 Å². The Balaban J connectivity index is 1.77. The van der Waals surface area contributed by atoms with E-state index in [4.69, 9.17) is 14.9 Å². The number of rotatable bonds is 3. The van der Waals surface area contributed by atoms with Crippen LogP contribution < -0.4 is 16.0 Å². The van der Waals surface area contributed by atoms with Gasteiger partial charge in [0.1, 0.15) is 5.52 Å². The molecule has 3 N–H and O–H groups in total. The fourth-order valence-corrected chi connectivity index (χ4v) is 3.23. The Labute approximate surface area is 163 Å². The van der Waals surface area contributed by atoms with Gasteiger partial charge in [-0.05, 0) is 30.3 Å². The third-order valence-corrected chi connectivity index (χ3v) is 4.67. The third kappa shape index (κ3) is 2.63. The summed E-state index contributed by atoms with van der Waals surface area (Å²) in [7, 11) is 3.01. The molecule has 0 spiro atoms. The molecule has 144 valence electrons. The van der Waals surface area contributed by atoms with Crippen molar-refractivity contribution in [3.05, 3.63) is 52.8 Å². The van der Waals surface area contributed by atoms with Gasteiger partial charge in [0.2, 0.25) is 11.6 Å². The SMILES string of the molecule is COc1c(-c2nc3ccccc3o2)nc(-c2nc3ccc(N)cc3[nH]2)n(C)c1=O. The number of benzene rings is 2. The molecule has 29 heavy (non-hydrogen) atoms. The largest absolute Gasteiger partial charge is 0.489 e. The van der Waals surface area contributed by atoms with E-state index >= 15 is 0 Å². The van der Waals surface area contributed by atoms with Gasteiger partial charge in [0.25, 0.3) is 5.56 Å². The van der Waals surface area contributed by atoms with Crippen LogP contribution in [0.15, 0.2) is 51.7 Å². The second-order valence-corrected chi connectivity index (χ2v) is 6.53. The average Bonchev–Trinajstić information content (AvgIpc) is 3.33. The third-order valence-electron chi connectivity index (χ3n) is 4.67. The van der Waals surface area contributed by atoms with Crippen molar-refractivity contribution in [1.82, 2.24) is 24.5 Å². The summed E-state index contributed by atoms with van der Waals surface area (Å²) in [5.41, 5.74) is 8.99. The van der Waals surface area contributed by atoms with Crippen molar-refractivity contribution in [2.24, 2.45) is 7.05 Å². The summed E-state index contributed by atoms with van der Waals surface area (Å²) in [6.07, 6.45) is 0. The van der Waals surface area contributed by atoms with E-state index in [-0.39, 0.29) is 22.9 Å². The van der Waals surface area contributed by atoms with Gasteiger partial charge in [-0.2, -0.15) is 0 Å². The number of methoxy groups -OCH3 is 1. The van der Waals surface area contributed by atoms with Crippen LogP contribution in [0.3, 0.4) is 0 Å². The minimum Gasteiger partial charge on any atom is -0.489 e. The summed E-state index contributed by atoms with van der Waals surface area (Å²) in [5.74, 6) is 0.985. The van der Waals surface area contributed by atoms with Gasteiger partial charge in [-0.3, -0.25) is 9.36 Å². The van der Waals surface area contributed by atoms with Gasteiger partial charge >= 0.3 is 0 Å². The smallest absolute Gasteiger partial charge is 0.296 e. The number of H-pyrrole nitrogens is 1. The molecule has 0 saturated heterocycles. The zero-order valence-corrected chi connectivity index (χ0v) is 15.6. The Bertz CT molecular complexity index is 1410. The van der Waals surface area contributed by atoms with Gasteiger partial charge in [0, 0.05) is 12.7 Å². The van der Waals surface area contributed by atoms with Crippen LogP contribution >= 0.6 is 0 Å². The first-order chi connectivity index (χ1) is 14.0. The fraction of sp³-hybridized carbons (Fsp3) is 0.100. The molecule has 5 rings (SSSR count).